The number of nitrogens with zero attached hydrogens (tertiary/aromatic N) is 1. The van der Waals surface area contributed by atoms with Gasteiger partial charge in [0, 0.05) is 70.8 Å². The number of ether oxygens (including phenoxy) is 5. The molecule has 1 amide bonds. The number of nitrogens with two attached hydrogens (primary N) is 2. The van der Waals surface area contributed by atoms with E-state index in [1.807, 2.05) is 29.2 Å². The van der Waals surface area contributed by atoms with Gasteiger partial charge < -0.3 is 80.6 Å². The number of hydrogen-bond donors (Lipinski definition) is 12. The average Bonchev–Trinajstić information content (AvgIpc) is 1.64. The number of para-hydroxylation sites is 1. The van der Waals surface area contributed by atoms with Crippen molar-refractivity contribution in [3.05, 3.63) is 122 Å². The molecule has 22 nitrogen and oxygen atoms in total. The van der Waals surface area contributed by atoms with Crippen molar-refractivity contribution in [2.24, 2.45) is 29.2 Å². The quantitative estimate of drug-likeness (QED) is 0.0549. The number of hydrogen-bond acceptors (Lipinski definition) is 21. The smallest absolute Gasteiger partial charge is 0.242 e. The van der Waals surface area contributed by atoms with E-state index in [1.165, 1.54) is 17.7 Å². The van der Waals surface area contributed by atoms with Crippen LogP contribution in [0.15, 0.2) is 83.2 Å². The molecule has 0 aromatic heterocycles. The standard InChI is InChI=1S/C62H72N8O14/c63-57-47-37(16-19-65-57)34(22-32-12-11-31-5-3-8-43(31)67-49(32)47)26-81-55-56(77)62(79)18-4-6-35(73)14-13-33-25-80-28-45(62)83-60(55)84-53-42(46(33)39-7-1-2-9-44(39)70-29-66-50-58(70)68-61(64)69-59(50)78)23-41-48(54(53)82-27-36(74)17-20-71)52(76)40-21-30(24-72)10-15-38(40)51(41)75/h1-2,7,9-10,15-16,20-23,31,33-36,43,45-46,49-50,55-56,58,60-61,65-68,72-74,77,79H,3,5-6,8,11-14,17,19,24-29,63-64H2,(H,69,78)/t31-,33+,34+,35+,36-,43+,45+,46+,49+,50-,55+,56+,58-,60-,61-,62+/m1/s1. The first-order valence-electron chi connectivity index (χ1n) is 29.4. The average molecular weight is 1150 g/mol. The lowest BCUT2D eigenvalue weighted by Crippen LogP contribution is -2.70. The molecule has 10 aliphatic rings. The molecule has 7 heterocycles. The minimum atomic E-state index is -2.39. The summed E-state index contributed by atoms with van der Waals surface area (Å²) in [6.45, 7) is -0.847. The first-order chi connectivity index (χ1) is 40.7. The van der Waals surface area contributed by atoms with Crippen molar-refractivity contribution >= 4 is 29.4 Å². The molecule has 3 bridgehead atoms. The molecule has 14 N–H and O–H groups in total. The van der Waals surface area contributed by atoms with Crippen molar-refractivity contribution in [1.29, 1.82) is 0 Å². The van der Waals surface area contributed by atoms with Crippen LogP contribution < -0.4 is 52.4 Å². The molecule has 444 valence electrons. The molecular formula is C62H72N8O14. The Labute approximate surface area is 485 Å². The highest BCUT2D eigenvalue weighted by molar-refractivity contribution is 6.29. The second kappa shape index (κ2) is 23.0. The number of fused-ring (bicyclic) bond motifs is 12. The Bertz CT molecular complexity index is 3300. The van der Waals surface area contributed by atoms with Crippen LogP contribution in [-0.4, -0.2) is 162 Å². The third-order valence-electron chi connectivity index (χ3n) is 18.9. The summed E-state index contributed by atoms with van der Waals surface area (Å²) < 4.78 is 34.5. The summed E-state index contributed by atoms with van der Waals surface area (Å²) in [5.41, 5.74) is 15.4. The van der Waals surface area contributed by atoms with Crippen molar-refractivity contribution in [1.82, 2.24) is 26.6 Å². The Hall–Kier alpha value is -6.56. The number of rotatable bonds is 11. The topological polar surface area (TPSA) is 331 Å². The lowest BCUT2D eigenvalue weighted by atomic mass is 9.74. The number of carbonyl (C=O) groups is 4. The third-order valence-corrected chi connectivity index (χ3v) is 18.9. The van der Waals surface area contributed by atoms with E-state index < -0.39 is 103 Å². The molecule has 1 saturated carbocycles. The zero-order chi connectivity index (χ0) is 58.1. The number of aliphatic hydroxyl groups excluding tert-OH is 4. The van der Waals surface area contributed by atoms with Gasteiger partial charge in [-0.25, -0.2) is 0 Å². The van der Waals surface area contributed by atoms with Gasteiger partial charge in [-0.1, -0.05) is 60.3 Å². The van der Waals surface area contributed by atoms with E-state index in [-0.39, 0.29) is 103 Å². The molecule has 3 aromatic carbocycles. The fraction of sp³-hybridized carbons (Fsp3) is 0.516. The largest absolute Gasteiger partial charge is 0.486 e. The number of anilines is 1. The van der Waals surface area contributed by atoms with Gasteiger partial charge in [0.2, 0.25) is 12.2 Å². The van der Waals surface area contributed by atoms with Gasteiger partial charge in [-0.05, 0) is 91.3 Å². The summed E-state index contributed by atoms with van der Waals surface area (Å²) in [5, 5.41) is 76.0. The molecule has 0 radical (unpaired) electrons. The van der Waals surface area contributed by atoms with Gasteiger partial charge in [0.1, 0.15) is 55.5 Å². The summed E-state index contributed by atoms with van der Waals surface area (Å²) in [7, 11) is 0. The van der Waals surface area contributed by atoms with Crippen LogP contribution in [-0.2, 0) is 30.4 Å². The number of nitrogens with one attached hydrogen (secondary N) is 5. The van der Waals surface area contributed by atoms with E-state index in [0.29, 0.717) is 47.4 Å². The van der Waals surface area contributed by atoms with E-state index in [2.05, 4.69) is 50.6 Å². The maximum atomic E-state index is 15.4. The fourth-order valence-corrected chi connectivity index (χ4v) is 14.7. The Morgan fingerprint density at radius 3 is 2.67 bits per heavy atom. The number of aliphatic hydroxyl groups is 5. The highest BCUT2D eigenvalue weighted by Crippen LogP contribution is 2.53. The maximum absolute atomic E-state index is 15.4. The van der Waals surface area contributed by atoms with Gasteiger partial charge in [0.15, 0.2) is 28.7 Å². The normalized spacial score (nSPS) is 34.5. The Kier molecular flexibility index (Phi) is 15.5. The van der Waals surface area contributed by atoms with Crippen LogP contribution in [0.4, 0.5) is 5.69 Å². The number of aldehydes is 1. The highest BCUT2D eigenvalue weighted by atomic mass is 16.7. The predicted octanol–water partition coefficient (Wildman–Crippen LogP) is 0.391. The summed E-state index contributed by atoms with van der Waals surface area (Å²) in [6, 6.07) is 13.1. The molecule has 5 fully saturated rings. The number of benzene rings is 3. The van der Waals surface area contributed by atoms with E-state index in [4.69, 9.17) is 35.2 Å². The van der Waals surface area contributed by atoms with Crippen LogP contribution in [0.25, 0.3) is 0 Å². The maximum Gasteiger partial charge on any atom is 0.242 e. The predicted molar refractivity (Wildman–Crippen MR) is 302 cm³/mol. The molecule has 0 spiro atoms. The molecule has 22 heteroatoms. The number of ketones is 2. The molecule has 3 aromatic rings. The van der Waals surface area contributed by atoms with Crippen LogP contribution in [0, 0.1) is 29.6 Å². The Balaban J connectivity index is 1.01. The third kappa shape index (κ3) is 10.0. The highest BCUT2D eigenvalue weighted by Gasteiger charge is 2.58. The number of carbonyl (C=O) groups excluding carboxylic acids is 4. The van der Waals surface area contributed by atoms with Crippen LogP contribution in [0.3, 0.4) is 0 Å². The van der Waals surface area contributed by atoms with E-state index in [0.717, 1.165) is 43.3 Å². The zero-order valence-corrected chi connectivity index (χ0v) is 46.3. The van der Waals surface area contributed by atoms with Gasteiger partial charge in [0.25, 0.3) is 0 Å². The zero-order valence-electron chi connectivity index (χ0n) is 46.3. The Morgan fingerprint density at radius 1 is 0.964 bits per heavy atom. The number of dihydropyridines is 1. The second-order valence-corrected chi connectivity index (χ2v) is 23.9. The first-order valence-corrected chi connectivity index (χ1v) is 29.4. The minimum Gasteiger partial charge on any atom is -0.486 e. The molecule has 13 rings (SSSR count). The fourth-order valence-electron chi connectivity index (χ4n) is 14.7. The summed E-state index contributed by atoms with van der Waals surface area (Å²) >= 11 is 0. The van der Waals surface area contributed by atoms with Crippen molar-refractivity contribution in [3.63, 3.8) is 0 Å². The molecule has 84 heavy (non-hydrogen) atoms. The monoisotopic (exact) mass is 1150 g/mol. The van der Waals surface area contributed by atoms with Gasteiger partial charge in [-0.15, -0.1) is 0 Å². The van der Waals surface area contributed by atoms with Crippen molar-refractivity contribution in [3.8, 4) is 23.3 Å². The molecule has 0 unspecified atom stereocenters. The van der Waals surface area contributed by atoms with Crippen LogP contribution in [0.2, 0.25) is 0 Å². The summed E-state index contributed by atoms with van der Waals surface area (Å²) in [5.74, 6) is 2.93. The first kappa shape index (κ1) is 56.6. The van der Waals surface area contributed by atoms with Crippen LogP contribution in [0.1, 0.15) is 112 Å². The minimum absolute atomic E-state index is 0.0285. The van der Waals surface area contributed by atoms with E-state index >= 15 is 9.59 Å². The second-order valence-electron chi connectivity index (χ2n) is 23.9. The SMILES string of the molecule is NC1=C2C(=CCN1)[C@H](CO[C@@H]1[C@H]3Oc4c(cc5c(c4OC[C@H](O)CC=O)C(=O)c4cc(CO)ccc4C5=O)[C@H](c4ccccc4N4CN[C@H]5C(=O)N[C@H](N)N[C@@H]54)[C@H]4CC[C@@H](O)CC#C[C@](O)([C@H](COC4)O3)[C@H]1O)C=C1CC[C@H]3CCC[C@@H]3N[C@@H]12. The van der Waals surface area contributed by atoms with E-state index in [1.54, 1.807) is 12.1 Å². The van der Waals surface area contributed by atoms with Crippen molar-refractivity contribution in [2.45, 2.75) is 143 Å². The lowest BCUT2D eigenvalue weighted by molar-refractivity contribution is -0.309. The van der Waals surface area contributed by atoms with Gasteiger partial charge in [-0.3, -0.25) is 30.8 Å². The number of amides is 1. The van der Waals surface area contributed by atoms with Gasteiger partial charge in [-0.2, -0.15) is 0 Å². The summed E-state index contributed by atoms with van der Waals surface area (Å²) in [6.07, 6.45) is -0.569. The molecular weight excluding hydrogens is 1080 g/mol. The van der Waals surface area contributed by atoms with E-state index in [9.17, 15) is 35.1 Å². The molecule has 3 aliphatic carbocycles. The van der Waals surface area contributed by atoms with Gasteiger partial charge >= 0.3 is 0 Å². The molecule has 16 atom stereocenters. The molecule has 4 saturated heterocycles. The van der Waals surface area contributed by atoms with Crippen molar-refractivity contribution in [2.75, 3.05) is 44.5 Å². The lowest BCUT2D eigenvalue weighted by Gasteiger charge is -2.47. The van der Waals surface area contributed by atoms with Gasteiger partial charge in [0.05, 0.1) is 56.9 Å². The van der Waals surface area contributed by atoms with Crippen LogP contribution >= 0.6 is 0 Å². The Morgan fingerprint density at radius 2 is 1.82 bits per heavy atom. The van der Waals surface area contributed by atoms with Crippen LogP contribution in [0.5, 0.6) is 11.5 Å². The molecule has 7 aliphatic heterocycles. The summed E-state index contributed by atoms with van der Waals surface area (Å²) in [4.78, 5) is 58.1. The van der Waals surface area contributed by atoms with Crippen molar-refractivity contribution < 1.29 is 68.4 Å².